The van der Waals surface area contributed by atoms with Crippen molar-refractivity contribution in [2.75, 3.05) is 19.6 Å². The number of ether oxygens (including phenoxy) is 1. The minimum absolute atomic E-state index is 0.0930. The van der Waals surface area contributed by atoms with E-state index in [4.69, 9.17) is 4.74 Å². The fourth-order valence-corrected chi connectivity index (χ4v) is 2.96. The molecule has 3 heteroatoms. The molecule has 0 aliphatic carbocycles. The van der Waals surface area contributed by atoms with Crippen LogP contribution in [0.4, 0.5) is 0 Å². The fraction of sp³-hybridized carbons (Fsp3) is 0.438. The number of hydrogen-bond donors (Lipinski definition) is 0. The third-order valence-corrected chi connectivity index (χ3v) is 4.08. The Morgan fingerprint density at radius 2 is 1.95 bits per heavy atom. The number of fused-ring (bicyclic) bond motifs is 3. The summed E-state index contributed by atoms with van der Waals surface area (Å²) in [5, 5.41) is 0. The lowest BCUT2D eigenvalue weighted by atomic mass is 9.86. The van der Waals surface area contributed by atoms with E-state index in [1.165, 1.54) is 32.0 Å². The van der Waals surface area contributed by atoms with Crippen molar-refractivity contribution in [3.05, 3.63) is 42.0 Å². The second-order valence-corrected chi connectivity index (χ2v) is 5.36. The molecule has 2 bridgehead atoms. The summed E-state index contributed by atoms with van der Waals surface area (Å²) in [5.74, 6) is 0.349. The molecule has 100 valence electrons. The summed E-state index contributed by atoms with van der Waals surface area (Å²) in [5.41, 5.74) is 1.02. The van der Waals surface area contributed by atoms with Crippen LogP contribution in [0.2, 0.25) is 0 Å². The van der Waals surface area contributed by atoms with E-state index in [-0.39, 0.29) is 12.1 Å². The van der Waals surface area contributed by atoms with Crippen LogP contribution in [-0.2, 0) is 9.53 Å². The molecule has 3 aliphatic rings. The quantitative estimate of drug-likeness (QED) is 0.615. The maximum absolute atomic E-state index is 11.8. The smallest absolute Gasteiger partial charge is 0.331 e. The van der Waals surface area contributed by atoms with Crippen LogP contribution in [0.25, 0.3) is 6.08 Å². The van der Waals surface area contributed by atoms with Crippen molar-refractivity contribution >= 4 is 12.0 Å². The Kier molecular flexibility index (Phi) is 3.65. The molecule has 3 fully saturated rings. The first-order chi connectivity index (χ1) is 9.31. The van der Waals surface area contributed by atoms with Crippen molar-refractivity contribution < 1.29 is 9.53 Å². The molecule has 1 aromatic carbocycles. The zero-order valence-corrected chi connectivity index (χ0v) is 11.0. The van der Waals surface area contributed by atoms with Crippen LogP contribution >= 0.6 is 0 Å². The molecule has 0 unspecified atom stereocenters. The van der Waals surface area contributed by atoms with Crippen molar-refractivity contribution in [2.24, 2.45) is 5.92 Å². The Labute approximate surface area is 113 Å². The van der Waals surface area contributed by atoms with E-state index in [1.807, 2.05) is 36.4 Å². The predicted octanol–water partition coefficient (Wildman–Crippen LogP) is 2.34. The highest BCUT2D eigenvalue weighted by atomic mass is 16.5. The Morgan fingerprint density at radius 3 is 2.58 bits per heavy atom. The highest BCUT2D eigenvalue weighted by molar-refractivity contribution is 5.87. The number of piperidine rings is 3. The molecule has 4 rings (SSSR count). The van der Waals surface area contributed by atoms with Gasteiger partial charge in [-0.15, -0.1) is 0 Å². The number of rotatable bonds is 3. The Morgan fingerprint density at radius 1 is 1.21 bits per heavy atom. The van der Waals surface area contributed by atoms with Gasteiger partial charge in [-0.3, -0.25) is 4.90 Å². The molecule has 0 amide bonds. The molecule has 3 heterocycles. The summed E-state index contributed by atoms with van der Waals surface area (Å²) < 4.78 is 5.58. The van der Waals surface area contributed by atoms with Crippen LogP contribution in [0.15, 0.2) is 36.4 Å². The van der Waals surface area contributed by atoms with Crippen molar-refractivity contribution in [1.82, 2.24) is 4.90 Å². The normalized spacial score (nSPS) is 29.6. The van der Waals surface area contributed by atoms with Crippen LogP contribution in [-0.4, -0.2) is 36.6 Å². The number of nitrogens with zero attached hydrogens (tertiary/aromatic N) is 1. The standard InChI is InChI=1S/C16H19NO2/c18-16(7-6-13-4-2-1-3-5-13)19-15-12-17-10-8-14(15)9-11-17/h1-7,14-15H,8-12H2/b7-6+/t15-/m1/s1. The Bertz CT molecular complexity index is 461. The predicted molar refractivity (Wildman–Crippen MR) is 74.5 cm³/mol. The molecule has 0 radical (unpaired) electrons. The van der Waals surface area contributed by atoms with Gasteiger partial charge in [0.1, 0.15) is 6.10 Å². The van der Waals surface area contributed by atoms with Gasteiger partial charge in [0, 0.05) is 12.6 Å². The molecule has 3 nitrogen and oxygen atoms in total. The summed E-state index contributed by atoms with van der Waals surface area (Å²) in [6.07, 6.45) is 5.77. The van der Waals surface area contributed by atoms with Crippen molar-refractivity contribution in [3.63, 3.8) is 0 Å². The molecular weight excluding hydrogens is 238 g/mol. The number of carbonyl (C=O) groups excluding carboxylic acids is 1. The summed E-state index contributed by atoms with van der Waals surface area (Å²) in [4.78, 5) is 14.2. The summed E-state index contributed by atoms with van der Waals surface area (Å²) in [6, 6.07) is 9.82. The van der Waals surface area contributed by atoms with Gasteiger partial charge in [-0.1, -0.05) is 30.3 Å². The first-order valence-electron chi connectivity index (χ1n) is 6.97. The zero-order chi connectivity index (χ0) is 13.1. The molecule has 19 heavy (non-hydrogen) atoms. The van der Waals surface area contributed by atoms with Gasteiger partial charge in [0.25, 0.3) is 0 Å². The van der Waals surface area contributed by atoms with E-state index < -0.39 is 0 Å². The van der Waals surface area contributed by atoms with Crippen LogP contribution in [0.3, 0.4) is 0 Å². The number of carbonyl (C=O) groups is 1. The maximum atomic E-state index is 11.8. The second kappa shape index (κ2) is 5.57. The second-order valence-electron chi connectivity index (χ2n) is 5.36. The van der Waals surface area contributed by atoms with Crippen LogP contribution in [0, 0.1) is 5.92 Å². The molecule has 0 aromatic heterocycles. The van der Waals surface area contributed by atoms with Crippen LogP contribution in [0.5, 0.6) is 0 Å². The van der Waals surface area contributed by atoms with Gasteiger partial charge < -0.3 is 4.74 Å². The van der Waals surface area contributed by atoms with Crippen LogP contribution < -0.4 is 0 Å². The van der Waals surface area contributed by atoms with Crippen molar-refractivity contribution in [1.29, 1.82) is 0 Å². The molecule has 1 aromatic rings. The average Bonchev–Trinajstić information content (AvgIpc) is 2.47. The summed E-state index contributed by atoms with van der Waals surface area (Å²) in [6.45, 7) is 3.24. The van der Waals surface area contributed by atoms with E-state index in [2.05, 4.69) is 4.90 Å². The minimum atomic E-state index is -0.220. The van der Waals surface area contributed by atoms with Crippen LogP contribution in [0.1, 0.15) is 18.4 Å². The largest absolute Gasteiger partial charge is 0.458 e. The first kappa shape index (κ1) is 12.4. The van der Waals surface area contributed by atoms with Crippen molar-refractivity contribution in [2.45, 2.75) is 18.9 Å². The summed E-state index contributed by atoms with van der Waals surface area (Å²) >= 11 is 0. The number of benzene rings is 1. The monoisotopic (exact) mass is 257 g/mol. The maximum Gasteiger partial charge on any atom is 0.331 e. The van der Waals surface area contributed by atoms with Gasteiger partial charge in [0.2, 0.25) is 0 Å². The first-order valence-corrected chi connectivity index (χ1v) is 6.97. The SMILES string of the molecule is O=C(/C=C/c1ccccc1)O[C@@H]1CN2CCC1CC2. The molecule has 0 spiro atoms. The number of esters is 1. The fourth-order valence-electron chi connectivity index (χ4n) is 2.96. The van der Waals surface area contributed by atoms with E-state index in [9.17, 15) is 4.79 Å². The lowest BCUT2D eigenvalue weighted by Crippen LogP contribution is -2.51. The van der Waals surface area contributed by atoms with E-state index in [0.29, 0.717) is 5.92 Å². The van der Waals surface area contributed by atoms with E-state index in [0.717, 1.165) is 12.1 Å². The minimum Gasteiger partial charge on any atom is -0.458 e. The zero-order valence-electron chi connectivity index (χ0n) is 11.0. The lowest BCUT2D eigenvalue weighted by molar-refractivity contribution is -0.152. The van der Waals surface area contributed by atoms with Gasteiger partial charge >= 0.3 is 5.97 Å². The molecule has 0 N–H and O–H groups in total. The van der Waals surface area contributed by atoms with Gasteiger partial charge in [-0.05, 0) is 43.5 Å². The number of hydrogen-bond acceptors (Lipinski definition) is 3. The molecule has 1 atom stereocenters. The van der Waals surface area contributed by atoms with E-state index in [1.54, 1.807) is 0 Å². The molecule has 3 aliphatic heterocycles. The Hall–Kier alpha value is -1.61. The molecule has 0 saturated carbocycles. The third kappa shape index (κ3) is 3.04. The topological polar surface area (TPSA) is 29.5 Å². The summed E-state index contributed by atoms with van der Waals surface area (Å²) in [7, 11) is 0. The van der Waals surface area contributed by atoms with Gasteiger partial charge in [-0.25, -0.2) is 4.79 Å². The molecule has 3 saturated heterocycles. The van der Waals surface area contributed by atoms with Gasteiger partial charge in [-0.2, -0.15) is 0 Å². The Balaban J connectivity index is 1.55. The highest BCUT2D eigenvalue weighted by Gasteiger charge is 2.36. The average molecular weight is 257 g/mol. The van der Waals surface area contributed by atoms with Gasteiger partial charge in [0.05, 0.1) is 0 Å². The highest BCUT2D eigenvalue weighted by Crippen LogP contribution is 2.29. The van der Waals surface area contributed by atoms with Crippen molar-refractivity contribution in [3.8, 4) is 0 Å². The third-order valence-electron chi connectivity index (χ3n) is 4.08. The van der Waals surface area contributed by atoms with Gasteiger partial charge in [0.15, 0.2) is 0 Å². The van der Waals surface area contributed by atoms with E-state index >= 15 is 0 Å². The molecular formula is C16H19NO2. The lowest BCUT2D eigenvalue weighted by Gasteiger charge is -2.43.